The highest BCUT2D eigenvalue weighted by atomic mass is 19.1. The molecule has 1 aliphatic rings. The highest BCUT2D eigenvalue weighted by Crippen LogP contribution is 2.20. The van der Waals surface area contributed by atoms with E-state index in [0.717, 1.165) is 5.69 Å². The molecule has 0 N–H and O–H groups in total. The molecule has 1 amide bonds. The number of rotatable bonds is 6. The topological polar surface area (TPSA) is 106 Å². The van der Waals surface area contributed by atoms with Crippen molar-refractivity contribution in [2.24, 2.45) is 0 Å². The van der Waals surface area contributed by atoms with Gasteiger partial charge >= 0.3 is 0 Å². The predicted molar refractivity (Wildman–Crippen MR) is 121 cm³/mol. The van der Waals surface area contributed by atoms with Gasteiger partial charge in [-0.1, -0.05) is 40.6 Å². The van der Waals surface area contributed by atoms with Gasteiger partial charge in [0.05, 0.1) is 5.69 Å². The molecule has 0 radical (unpaired) electrons. The molecule has 0 unspecified atom stereocenters. The first-order valence-corrected chi connectivity index (χ1v) is 11.0. The number of hydrogen-bond acceptors (Lipinski definition) is 8. The number of halogens is 1. The zero-order valence-electron chi connectivity index (χ0n) is 18.6. The van der Waals surface area contributed by atoms with Gasteiger partial charge in [-0.15, -0.1) is 0 Å². The zero-order valence-corrected chi connectivity index (χ0v) is 18.6. The van der Waals surface area contributed by atoms with Gasteiger partial charge in [0, 0.05) is 44.6 Å². The quantitative estimate of drug-likeness (QED) is 0.430. The van der Waals surface area contributed by atoms with Crippen LogP contribution in [0.1, 0.15) is 17.9 Å². The van der Waals surface area contributed by atoms with E-state index in [-0.39, 0.29) is 18.1 Å². The highest BCUT2D eigenvalue weighted by Gasteiger charge is 2.25. The lowest BCUT2D eigenvalue weighted by atomic mass is 10.1. The molecule has 1 fully saturated rings. The molecule has 0 aliphatic carbocycles. The van der Waals surface area contributed by atoms with E-state index in [4.69, 9.17) is 4.52 Å². The number of tetrazole rings is 1. The maximum absolute atomic E-state index is 13.8. The second-order valence-corrected chi connectivity index (χ2v) is 8.07. The molecule has 0 bridgehead atoms. The summed E-state index contributed by atoms with van der Waals surface area (Å²) in [6.07, 6.45) is 0.582. The number of carbonyl (C=O) groups is 1. The Balaban J connectivity index is 1.15. The van der Waals surface area contributed by atoms with Crippen molar-refractivity contribution in [2.45, 2.75) is 19.8 Å². The van der Waals surface area contributed by atoms with E-state index in [2.05, 4.69) is 30.6 Å². The predicted octanol–water partition coefficient (Wildman–Crippen LogP) is 2.44. The van der Waals surface area contributed by atoms with Crippen LogP contribution in [-0.2, 0) is 11.2 Å². The summed E-state index contributed by atoms with van der Waals surface area (Å²) in [4.78, 5) is 20.9. The number of benzene rings is 2. The van der Waals surface area contributed by atoms with Crippen LogP contribution in [0.15, 0.2) is 53.1 Å². The molecule has 0 atom stereocenters. The number of nitrogens with zero attached hydrogens (tertiary/aromatic N) is 8. The minimum absolute atomic E-state index is 0.0171. The summed E-state index contributed by atoms with van der Waals surface area (Å²) in [6.45, 7) is 4.08. The normalized spacial score (nSPS) is 13.9. The summed E-state index contributed by atoms with van der Waals surface area (Å²) in [5.74, 6) is 1.01. The molecular formula is C23H23FN8O2. The highest BCUT2D eigenvalue weighted by molar-refractivity contribution is 5.76. The van der Waals surface area contributed by atoms with Crippen LogP contribution in [0.4, 0.5) is 10.3 Å². The first-order valence-electron chi connectivity index (χ1n) is 11.0. The molecule has 34 heavy (non-hydrogen) atoms. The van der Waals surface area contributed by atoms with Gasteiger partial charge in [0.2, 0.25) is 23.6 Å². The van der Waals surface area contributed by atoms with E-state index >= 15 is 0 Å². The van der Waals surface area contributed by atoms with E-state index in [1.807, 2.05) is 35.2 Å². The zero-order chi connectivity index (χ0) is 23.5. The Hall–Kier alpha value is -4.15. The number of piperazine rings is 1. The Morgan fingerprint density at radius 3 is 2.65 bits per heavy atom. The molecule has 2 aromatic heterocycles. The molecular weight excluding hydrogens is 439 g/mol. The first kappa shape index (κ1) is 21.7. The van der Waals surface area contributed by atoms with E-state index in [1.165, 1.54) is 6.07 Å². The fourth-order valence-corrected chi connectivity index (χ4v) is 3.85. The maximum Gasteiger partial charge on any atom is 0.250 e. The lowest BCUT2D eigenvalue weighted by molar-refractivity contribution is -0.131. The van der Waals surface area contributed by atoms with Crippen molar-refractivity contribution in [1.82, 2.24) is 35.2 Å². The molecule has 3 heterocycles. The van der Waals surface area contributed by atoms with Gasteiger partial charge in [0.15, 0.2) is 0 Å². The van der Waals surface area contributed by atoms with Gasteiger partial charge in [-0.05, 0) is 41.1 Å². The second kappa shape index (κ2) is 9.38. The first-order chi connectivity index (χ1) is 16.6. The van der Waals surface area contributed by atoms with Gasteiger partial charge in [0.1, 0.15) is 5.82 Å². The standard InChI is InChI=1S/C23H23FN8O2/c1-16-7-8-17(15-19(16)24)22-25-20(34-27-22)9-10-21(33)30-11-13-31(14-12-30)23-26-28-29-32(23)18-5-3-2-4-6-18/h2-8,15H,9-14H2,1H3. The van der Waals surface area contributed by atoms with Crippen molar-refractivity contribution in [3.05, 3.63) is 65.8 Å². The lowest BCUT2D eigenvalue weighted by Gasteiger charge is -2.34. The van der Waals surface area contributed by atoms with Crippen molar-refractivity contribution < 1.29 is 13.7 Å². The number of carbonyl (C=O) groups excluding carboxylic acids is 1. The van der Waals surface area contributed by atoms with Gasteiger partial charge in [-0.3, -0.25) is 4.79 Å². The Morgan fingerprint density at radius 2 is 1.88 bits per heavy atom. The van der Waals surface area contributed by atoms with E-state index < -0.39 is 0 Å². The minimum Gasteiger partial charge on any atom is -0.339 e. The average Bonchev–Trinajstić information content (AvgIpc) is 3.55. The van der Waals surface area contributed by atoms with Crippen molar-refractivity contribution in [3.63, 3.8) is 0 Å². The summed E-state index contributed by atoms with van der Waals surface area (Å²) in [7, 11) is 0. The number of aromatic nitrogens is 6. The van der Waals surface area contributed by atoms with Crippen molar-refractivity contribution in [1.29, 1.82) is 0 Å². The van der Waals surface area contributed by atoms with E-state index in [1.54, 1.807) is 23.7 Å². The fourth-order valence-electron chi connectivity index (χ4n) is 3.85. The molecule has 11 heteroatoms. The molecule has 174 valence electrons. The van der Waals surface area contributed by atoms with Crippen LogP contribution in [0.3, 0.4) is 0 Å². The second-order valence-electron chi connectivity index (χ2n) is 8.07. The van der Waals surface area contributed by atoms with E-state index in [9.17, 15) is 9.18 Å². The van der Waals surface area contributed by atoms with Crippen molar-refractivity contribution >= 4 is 11.9 Å². The van der Waals surface area contributed by atoms with Crippen LogP contribution in [0, 0.1) is 12.7 Å². The van der Waals surface area contributed by atoms with Crippen LogP contribution in [0.25, 0.3) is 17.1 Å². The van der Waals surface area contributed by atoms with Crippen LogP contribution in [0.5, 0.6) is 0 Å². The molecule has 4 aromatic rings. The number of para-hydroxylation sites is 1. The summed E-state index contributed by atoms with van der Waals surface area (Å²) in [5, 5.41) is 16.0. The van der Waals surface area contributed by atoms with Crippen molar-refractivity contribution in [3.8, 4) is 17.1 Å². The number of hydrogen-bond donors (Lipinski definition) is 0. The smallest absolute Gasteiger partial charge is 0.250 e. The molecule has 0 spiro atoms. The number of aryl methyl sites for hydroxylation is 2. The Labute approximate surface area is 195 Å². The van der Waals surface area contributed by atoms with Gasteiger partial charge in [-0.25, -0.2) is 4.39 Å². The largest absolute Gasteiger partial charge is 0.339 e. The Morgan fingerprint density at radius 1 is 1.09 bits per heavy atom. The van der Waals surface area contributed by atoms with Gasteiger partial charge in [-0.2, -0.15) is 9.67 Å². The monoisotopic (exact) mass is 462 g/mol. The van der Waals surface area contributed by atoms with Gasteiger partial charge < -0.3 is 14.3 Å². The summed E-state index contributed by atoms with van der Waals surface area (Å²) in [5.41, 5.74) is 1.97. The number of amides is 1. The third kappa shape index (κ3) is 4.49. The van der Waals surface area contributed by atoms with Gasteiger partial charge in [0.25, 0.3) is 0 Å². The van der Waals surface area contributed by atoms with Crippen LogP contribution in [-0.4, -0.2) is 67.3 Å². The third-order valence-corrected chi connectivity index (χ3v) is 5.82. The lowest BCUT2D eigenvalue weighted by Crippen LogP contribution is -2.49. The van der Waals surface area contributed by atoms with E-state index in [0.29, 0.717) is 61.4 Å². The average molecular weight is 462 g/mol. The summed E-state index contributed by atoms with van der Waals surface area (Å²) >= 11 is 0. The van der Waals surface area contributed by atoms with Crippen LogP contribution >= 0.6 is 0 Å². The molecule has 10 nitrogen and oxygen atoms in total. The summed E-state index contributed by atoms with van der Waals surface area (Å²) in [6, 6.07) is 14.5. The van der Waals surface area contributed by atoms with Crippen molar-refractivity contribution in [2.75, 3.05) is 31.1 Å². The summed E-state index contributed by atoms with van der Waals surface area (Å²) < 4.78 is 20.8. The molecule has 0 saturated carbocycles. The third-order valence-electron chi connectivity index (χ3n) is 5.82. The fraction of sp³-hybridized carbons (Fsp3) is 0.304. The number of anilines is 1. The Kier molecular flexibility index (Phi) is 5.98. The van der Waals surface area contributed by atoms with Crippen LogP contribution in [0.2, 0.25) is 0 Å². The maximum atomic E-state index is 13.8. The Bertz CT molecular complexity index is 1280. The molecule has 1 saturated heterocycles. The molecule has 2 aromatic carbocycles. The minimum atomic E-state index is -0.323. The van der Waals surface area contributed by atoms with Crippen LogP contribution < -0.4 is 4.90 Å². The SMILES string of the molecule is Cc1ccc(-c2noc(CCC(=O)N3CCN(c4nnnn4-c4ccccc4)CC3)n2)cc1F. The molecule has 1 aliphatic heterocycles. The molecule has 5 rings (SSSR count).